The van der Waals surface area contributed by atoms with Crippen LogP contribution in [0.1, 0.15) is 11.1 Å². The van der Waals surface area contributed by atoms with E-state index < -0.39 is 0 Å². The van der Waals surface area contributed by atoms with Crippen molar-refractivity contribution in [1.82, 2.24) is 9.78 Å². The molecular formula is C18H16N2. The number of hydrogen-bond acceptors (Lipinski definition) is 1. The molecule has 0 unspecified atom stereocenters. The fourth-order valence-electron chi connectivity index (χ4n) is 3.12. The van der Waals surface area contributed by atoms with Gasteiger partial charge in [-0.05, 0) is 18.9 Å². The summed E-state index contributed by atoms with van der Waals surface area (Å²) in [6, 6.07) is 19.1. The first-order valence-corrected chi connectivity index (χ1v) is 7.06. The molecule has 0 spiro atoms. The molecule has 4 rings (SSSR count). The predicted molar refractivity (Wildman–Crippen MR) is 81.5 cm³/mol. The highest BCUT2D eigenvalue weighted by Crippen LogP contribution is 2.36. The number of benzene rings is 2. The van der Waals surface area contributed by atoms with Crippen LogP contribution in [-0.4, -0.2) is 9.78 Å². The van der Waals surface area contributed by atoms with Crippen LogP contribution in [-0.2, 0) is 13.0 Å². The lowest BCUT2D eigenvalue weighted by Gasteiger charge is -2.18. The molecule has 20 heavy (non-hydrogen) atoms. The van der Waals surface area contributed by atoms with Crippen molar-refractivity contribution in [1.29, 1.82) is 0 Å². The van der Waals surface area contributed by atoms with Crippen LogP contribution in [0.2, 0.25) is 0 Å². The molecule has 0 N–H and O–H groups in total. The molecular weight excluding hydrogens is 244 g/mol. The third kappa shape index (κ3) is 1.61. The molecule has 0 atom stereocenters. The second kappa shape index (κ2) is 4.34. The molecule has 0 radical (unpaired) electrons. The first kappa shape index (κ1) is 11.5. The Kier molecular flexibility index (Phi) is 2.49. The summed E-state index contributed by atoms with van der Waals surface area (Å²) in [6.45, 7) is 3.16. The van der Waals surface area contributed by atoms with Gasteiger partial charge in [-0.1, -0.05) is 54.6 Å². The van der Waals surface area contributed by atoms with Crippen LogP contribution in [0.25, 0.3) is 22.5 Å². The normalized spacial score (nSPS) is 12.8. The Labute approximate surface area is 118 Å². The molecule has 2 heterocycles. The standard InChI is InChI=1S/C18H16N2/c1-13-17(15-8-3-2-4-9-15)19-20-12-11-14-7-5-6-10-16(14)18(13)20/h2-10H,11-12H2,1H3. The largest absolute Gasteiger partial charge is 0.264 e. The maximum absolute atomic E-state index is 4.84. The van der Waals surface area contributed by atoms with Gasteiger partial charge in [0.1, 0.15) is 0 Å². The third-order valence-electron chi connectivity index (χ3n) is 4.10. The van der Waals surface area contributed by atoms with E-state index in [1.54, 1.807) is 0 Å². The van der Waals surface area contributed by atoms with Crippen LogP contribution in [0.3, 0.4) is 0 Å². The Balaban J connectivity index is 1.95. The van der Waals surface area contributed by atoms with E-state index in [4.69, 9.17) is 5.10 Å². The maximum Gasteiger partial charge on any atom is 0.0958 e. The Hall–Kier alpha value is -2.35. The highest BCUT2D eigenvalue weighted by Gasteiger charge is 2.22. The first-order valence-electron chi connectivity index (χ1n) is 7.06. The van der Waals surface area contributed by atoms with Crippen molar-refractivity contribution in [3.63, 3.8) is 0 Å². The zero-order chi connectivity index (χ0) is 13.5. The summed E-state index contributed by atoms with van der Waals surface area (Å²) in [7, 11) is 0. The number of aromatic nitrogens is 2. The van der Waals surface area contributed by atoms with E-state index in [-0.39, 0.29) is 0 Å². The SMILES string of the molecule is Cc1c(-c2ccccc2)nn2c1-c1ccccc1CC2. The molecule has 0 saturated carbocycles. The third-order valence-corrected chi connectivity index (χ3v) is 4.10. The quantitative estimate of drug-likeness (QED) is 0.644. The molecule has 0 saturated heterocycles. The highest BCUT2D eigenvalue weighted by atomic mass is 15.3. The molecule has 0 bridgehead atoms. The molecule has 1 aromatic heterocycles. The van der Waals surface area contributed by atoms with Crippen molar-refractivity contribution in [2.45, 2.75) is 19.9 Å². The van der Waals surface area contributed by atoms with Crippen LogP contribution in [0.4, 0.5) is 0 Å². The lowest BCUT2D eigenvalue weighted by atomic mass is 9.95. The van der Waals surface area contributed by atoms with Gasteiger partial charge in [0.15, 0.2) is 0 Å². The van der Waals surface area contributed by atoms with Gasteiger partial charge in [0.25, 0.3) is 0 Å². The van der Waals surface area contributed by atoms with Gasteiger partial charge in [0, 0.05) is 23.2 Å². The summed E-state index contributed by atoms with van der Waals surface area (Å²) in [5, 5.41) is 4.84. The van der Waals surface area contributed by atoms with E-state index in [1.165, 1.54) is 27.9 Å². The molecule has 2 aromatic carbocycles. The molecule has 1 aliphatic rings. The summed E-state index contributed by atoms with van der Waals surface area (Å²) >= 11 is 0. The zero-order valence-corrected chi connectivity index (χ0v) is 11.5. The van der Waals surface area contributed by atoms with Crippen molar-refractivity contribution < 1.29 is 0 Å². The van der Waals surface area contributed by atoms with Crippen LogP contribution in [0, 0.1) is 6.92 Å². The minimum atomic E-state index is 0.972. The van der Waals surface area contributed by atoms with Gasteiger partial charge in [-0.2, -0.15) is 5.10 Å². The second-order valence-corrected chi connectivity index (χ2v) is 5.32. The summed E-state index contributed by atoms with van der Waals surface area (Å²) in [4.78, 5) is 0. The molecule has 3 aromatic rings. The molecule has 1 aliphatic heterocycles. The van der Waals surface area contributed by atoms with E-state index in [1.807, 2.05) is 6.07 Å². The van der Waals surface area contributed by atoms with E-state index in [9.17, 15) is 0 Å². The van der Waals surface area contributed by atoms with Gasteiger partial charge in [-0.3, -0.25) is 4.68 Å². The number of hydrogen-bond donors (Lipinski definition) is 0. The van der Waals surface area contributed by atoms with Crippen LogP contribution in [0.15, 0.2) is 54.6 Å². The smallest absolute Gasteiger partial charge is 0.0958 e. The van der Waals surface area contributed by atoms with Crippen LogP contribution in [0.5, 0.6) is 0 Å². The van der Waals surface area contributed by atoms with Gasteiger partial charge < -0.3 is 0 Å². The van der Waals surface area contributed by atoms with E-state index >= 15 is 0 Å². The summed E-state index contributed by atoms with van der Waals surface area (Å²) < 4.78 is 2.17. The molecule has 0 aliphatic carbocycles. The summed E-state index contributed by atoms with van der Waals surface area (Å²) in [6.07, 6.45) is 1.07. The first-order chi connectivity index (χ1) is 9.84. The summed E-state index contributed by atoms with van der Waals surface area (Å²) in [5.74, 6) is 0. The molecule has 98 valence electrons. The Morgan fingerprint density at radius 3 is 2.55 bits per heavy atom. The molecule has 0 fully saturated rings. The second-order valence-electron chi connectivity index (χ2n) is 5.32. The van der Waals surface area contributed by atoms with Gasteiger partial charge in [-0.15, -0.1) is 0 Å². The monoisotopic (exact) mass is 260 g/mol. The van der Waals surface area contributed by atoms with Crippen molar-refractivity contribution in [3.8, 4) is 22.5 Å². The molecule has 0 amide bonds. The van der Waals surface area contributed by atoms with E-state index in [2.05, 4.69) is 60.1 Å². The van der Waals surface area contributed by atoms with Crippen LogP contribution < -0.4 is 0 Å². The Morgan fingerprint density at radius 2 is 1.70 bits per heavy atom. The van der Waals surface area contributed by atoms with Gasteiger partial charge in [0.2, 0.25) is 0 Å². The average Bonchev–Trinajstić information content (AvgIpc) is 2.86. The number of nitrogens with zero attached hydrogens (tertiary/aromatic N) is 2. The number of rotatable bonds is 1. The van der Waals surface area contributed by atoms with Crippen molar-refractivity contribution in [2.75, 3.05) is 0 Å². The Morgan fingerprint density at radius 1 is 0.950 bits per heavy atom. The maximum atomic E-state index is 4.84. The lowest BCUT2D eigenvalue weighted by Crippen LogP contribution is -2.11. The van der Waals surface area contributed by atoms with E-state index in [0.717, 1.165) is 18.7 Å². The van der Waals surface area contributed by atoms with Gasteiger partial charge >= 0.3 is 0 Å². The van der Waals surface area contributed by atoms with Gasteiger partial charge in [-0.25, -0.2) is 0 Å². The topological polar surface area (TPSA) is 17.8 Å². The van der Waals surface area contributed by atoms with Gasteiger partial charge in [0.05, 0.1) is 11.4 Å². The van der Waals surface area contributed by atoms with Crippen LogP contribution >= 0.6 is 0 Å². The minimum Gasteiger partial charge on any atom is -0.264 e. The minimum absolute atomic E-state index is 0.972. The van der Waals surface area contributed by atoms with Crippen molar-refractivity contribution in [3.05, 3.63) is 65.7 Å². The highest BCUT2D eigenvalue weighted by molar-refractivity contribution is 5.76. The van der Waals surface area contributed by atoms with Crippen molar-refractivity contribution >= 4 is 0 Å². The Bertz CT molecular complexity index is 769. The molecule has 2 heteroatoms. The number of fused-ring (bicyclic) bond motifs is 3. The fourth-order valence-corrected chi connectivity index (χ4v) is 3.12. The summed E-state index contributed by atoms with van der Waals surface area (Å²) in [5.41, 5.74) is 7.64. The molecule has 2 nitrogen and oxygen atoms in total. The van der Waals surface area contributed by atoms with E-state index in [0.29, 0.717) is 0 Å². The predicted octanol–water partition coefficient (Wildman–Crippen LogP) is 4.08. The fraction of sp³-hybridized carbons (Fsp3) is 0.167. The lowest BCUT2D eigenvalue weighted by molar-refractivity contribution is 0.608. The number of aryl methyl sites for hydroxylation is 2. The average molecular weight is 260 g/mol. The zero-order valence-electron chi connectivity index (χ0n) is 11.5. The van der Waals surface area contributed by atoms with Crippen molar-refractivity contribution in [2.24, 2.45) is 0 Å².